The highest BCUT2D eigenvalue weighted by molar-refractivity contribution is 5.79. The Hall–Kier alpha value is -1.45. The van der Waals surface area contributed by atoms with Crippen molar-refractivity contribution < 1.29 is 4.42 Å². The molecule has 0 spiro atoms. The van der Waals surface area contributed by atoms with Crippen molar-refractivity contribution in [2.75, 3.05) is 13.6 Å². The van der Waals surface area contributed by atoms with E-state index in [4.69, 9.17) is 4.42 Å². The summed E-state index contributed by atoms with van der Waals surface area (Å²) in [4.78, 5) is 4.26. The van der Waals surface area contributed by atoms with E-state index in [0.717, 1.165) is 24.7 Å². The molecule has 0 radical (unpaired) electrons. The highest BCUT2D eigenvalue weighted by atomic mass is 16.3. The molecule has 0 saturated heterocycles. The number of aliphatic imine (C=N–C) groups is 1. The summed E-state index contributed by atoms with van der Waals surface area (Å²) < 4.78 is 5.31. The van der Waals surface area contributed by atoms with Crippen LogP contribution in [0.1, 0.15) is 51.7 Å². The van der Waals surface area contributed by atoms with Gasteiger partial charge in [-0.15, -0.1) is 0 Å². The number of rotatable bonds is 9. The maximum Gasteiger partial charge on any atom is 0.191 e. The van der Waals surface area contributed by atoms with Crippen LogP contribution in [-0.2, 0) is 6.42 Å². The molecule has 1 aromatic rings. The molecule has 0 saturated carbocycles. The lowest BCUT2D eigenvalue weighted by atomic mass is 10.1. The second-order valence-electron chi connectivity index (χ2n) is 5.22. The minimum Gasteiger partial charge on any atom is -0.469 e. The molecule has 20 heavy (non-hydrogen) atoms. The van der Waals surface area contributed by atoms with Crippen molar-refractivity contribution >= 4 is 5.96 Å². The van der Waals surface area contributed by atoms with E-state index in [1.165, 1.54) is 32.1 Å². The van der Waals surface area contributed by atoms with Crippen molar-refractivity contribution in [3.05, 3.63) is 24.2 Å². The summed E-state index contributed by atoms with van der Waals surface area (Å²) in [5.41, 5.74) is 0. The van der Waals surface area contributed by atoms with Crippen LogP contribution in [-0.4, -0.2) is 25.6 Å². The smallest absolute Gasteiger partial charge is 0.191 e. The first kappa shape index (κ1) is 16.6. The van der Waals surface area contributed by atoms with E-state index in [0.29, 0.717) is 6.04 Å². The van der Waals surface area contributed by atoms with Crippen molar-refractivity contribution in [1.82, 2.24) is 10.6 Å². The predicted octanol–water partition coefficient (Wildman–Crippen LogP) is 3.35. The second kappa shape index (κ2) is 10.4. The van der Waals surface area contributed by atoms with Crippen LogP contribution in [0.25, 0.3) is 0 Å². The zero-order chi connectivity index (χ0) is 14.6. The summed E-state index contributed by atoms with van der Waals surface area (Å²) in [5.74, 6) is 1.88. The van der Waals surface area contributed by atoms with Crippen molar-refractivity contribution in [2.24, 2.45) is 4.99 Å². The monoisotopic (exact) mass is 279 g/mol. The molecule has 1 unspecified atom stereocenters. The topological polar surface area (TPSA) is 49.6 Å². The fourth-order valence-corrected chi connectivity index (χ4v) is 2.14. The van der Waals surface area contributed by atoms with Crippen LogP contribution in [0.5, 0.6) is 0 Å². The number of hydrogen-bond donors (Lipinski definition) is 2. The molecule has 0 fully saturated rings. The van der Waals surface area contributed by atoms with Gasteiger partial charge in [0.15, 0.2) is 5.96 Å². The van der Waals surface area contributed by atoms with Gasteiger partial charge >= 0.3 is 0 Å². The summed E-state index contributed by atoms with van der Waals surface area (Å²) in [6.07, 6.45) is 9.01. The lowest BCUT2D eigenvalue weighted by Gasteiger charge is -2.17. The van der Waals surface area contributed by atoms with E-state index in [1.54, 1.807) is 6.26 Å². The van der Waals surface area contributed by atoms with Crippen molar-refractivity contribution in [2.45, 2.75) is 58.4 Å². The highest BCUT2D eigenvalue weighted by Gasteiger charge is 2.05. The molecule has 1 atom stereocenters. The van der Waals surface area contributed by atoms with Crippen LogP contribution in [0, 0.1) is 0 Å². The minimum absolute atomic E-state index is 0.460. The first-order valence-corrected chi connectivity index (χ1v) is 7.75. The summed E-state index contributed by atoms with van der Waals surface area (Å²) in [6.45, 7) is 5.29. The number of nitrogens with one attached hydrogen (secondary N) is 2. The molecule has 4 heteroatoms. The third-order valence-corrected chi connectivity index (χ3v) is 3.34. The van der Waals surface area contributed by atoms with Crippen molar-refractivity contribution in [3.8, 4) is 0 Å². The van der Waals surface area contributed by atoms with Gasteiger partial charge in [-0.3, -0.25) is 4.99 Å². The average molecular weight is 279 g/mol. The number of unbranched alkanes of at least 4 members (excludes halogenated alkanes) is 3. The standard InChI is InChI=1S/C16H29N3O/c1-4-5-6-7-9-14(2)19-16(17-3)18-12-11-15-10-8-13-20-15/h8,10,13-14H,4-7,9,11-12H2,1-3H3,(H2,17,18,19). The van der Waals surface area contributed by atoms with Gasteiger partial charge in [0, 0.05) is 26.1 Å². The molecule has 0 amide bonds. The number of nitrogens with zero attached hydrogens (tertiary/aromatic N) is 1. The first-order valence-electron chi connectivity index (χ1n) is 7.75. The van der Waals surface area contributed by atoms with Crippen LogP contribution < -0.4 is 10.6 Å². The van der Waals surface area contributed by atoms with E-state index in [-0.39, 0.29) is 0 Å². The van der Waals surface area contributed by atoms with Gasteiger partial charge in [0.05, 0.1) is 6.26 Å². The predicted molar refractivity (Wildman–Crippen MR) is 85.1 cm³/mol. The summed E-state index contributed by atoms with van der Waals surface area (Å²) in [6, 6.07) is 4.37. The fraction of sp³-hybridized carbons (Fsp3) is 0.688. The molecule has 1 heterocycles. The van der Waals surface area contributed by atoms with Gasteiger partial charge in [-0.05, 0) is 25.5 Å². The Morgan fingerprint density at radius 3 is 2.85 bits per heavy atom. The Balaban J connectivity index is 2.15. The molecule has 1 aromatic heterocycles. The van der Waals surface area contributed by atoms with Crippen LogP contribution in [0.2, 0.25) is 0 Å². The van der Waals surface area contributed by atoms with Gasteiger partial charge in [0.2, 0.25) is 0 Å². The largest absolute Gasteiger partial charge is 0.469 e. The third-order valence-electron chi connectivity index (χ3n) is 3.34. The minimum atomic E-state index is 0.460. The molecular formula is C16H29N3O. The van der Waals surface area contributed by atoms with E-state index in [1.807, 2.05) is 19.2 Å². The van der Waals surface area contributed by atoms with Crippen LogP contribution in [0.4, 0.5) is 0 Å². The number of hydrogen-bond acceptors (Lipinski definition) is 2. The van der Waals surface area contributed by atoms with Gasteiger partial charge in [-0.25, -0.2) is 0 Å². The Bertz CT molecular complexity index is 360. The van der Waals surface area contributed by atoms with Crippen molar-refractivity contribution in [3.63, 3.8) is 0 Å². The molecule has 0 bridgehead atoms. The van der Waals surface area contributed by atoms with Gasteiger partial charge in [0.1, 0.15) is 5.76 Å². The van der Waals surface area contributed by atoms with Gasteiger partial charge in [-0.2, -0.15) is 0 Å². The van der Waals surface area contributed by atoms with E-state index < -0.39 is 0 Å². The van der Waals surface area contributed by atoms with Crippen molar-refractivity contribution in [1.29, 1.82) is 0 Å². The Morgan fingerprint density at radius 1 is 1.35 bits per heavy atom. The molecule has 2 N–H and O–H groups in total. The maximum absolute atomic E-state index is 5.31. The first-order chi connectivity index (χ1) is 9.76. The normalized spacial score (nSPS) is 13.2. The zero-order valence-corrected chi connectivity index (χ0v) is 13.1. The second-order valence-corrected chi connectivity index (χ2v) is 5.22. The quantitative estimate of drug-likeness (QED) is 0.414. The average Bonchev–Trinajstić information content (AvgIpc) is 2.95. The maximum atomic E-state index is 5.31. The summed E-state index contributed by atoms with van der Waals surface area (Å²) >= 11 is 0. The lowest BCUT2D eigenvalue weighted by molar-refractivity contribution is 0.504. The molecule has 0 aliphatic carbocycles. The van der Waals surface area contributed by atoms with Gasteiger partial charge in [0.25, 0.3) is 0 Å². The van der Waals surface area contributed by atoms with Crippen LogP contribution in [0.15, 0.2) is 27.8 Å². The molecule has 1 rings (SSSR count). The molecule has 4 nitrogen and oxygen atoms in total. The van der Waals surface area contributed by atoms with Crippen LogP contribution in [0.3, 0.4) is 0 Å². The highest BCUT2D eigenvalue weighted by Crippen LogP contribution is 2.05. The van der Waals surface area contributed by atoms with Gasteiger partial charge in [-0.1, -0.05) is 32.6 Å². The van der Waals surface area contributed by atoms with E-state index >= 15 is 0 Å². The lowest BCUT2D eigenvalue weighted by Crippen LogP contribution is -2.42. The molecule has 0 aromatic carbocycles. The SMILES string of the molecule is CCCCCCC(C)NC(=NC)NCCc1ccco1. The van der Waals surface area contributed by atoms with E-state index in [2.05, 4.69) is 29.5 Å². The summed E-state index contributed by atoms with van der Waals surface area (Å²) in [5, 5.41) is 6.75. The summed E-state index contributed by atoms with van der Waals surface area (Å²) in [7, 11) is 1.81. The number of guanidine groups is 1. The molecule has 114 valence electrons. The molecule has 0 aliphatic heterocycles. The van der Waals surface area contributed by atoms with Gasteiger partial charge < -0.3 is 15.1 Å². The Labute approximate surface area is 123 Å². The Morgan fingerprint density at radius 2 is 2.20 bits per heavy atom. The fourth-order valence-electron chi connectivity index (χ4n) is 2.14. The number of furan rings is 1. The molecule has 0 aliphatic rings. The van der Waals surface area contributed by atoms with E-state index in [9.17, 15) is 0 Å². The third kappa shape index (κ3) is 7.22. The molecular weight excluding hydrogens is 250 g/mol. The Kier molecular flexibility index (Phi) is 8.59. The van der Waals surface area contributed by atoms with Crippen LogP contribution >= 0.6 is 0 Å². The zero-order valence-electron chi connectivity index (χ0n) is 13.1.